The van der Waals surface area contributed by atoms with Crippen molar-refractivity contribution in [1.29, 1.82) is 0 Å². The number of primary amides is 1. The van der Waals surface area contributed by atoms with Crippen LogP contribution in [-0.4, -0.2) is 11.8 Å². The Bertz CT molecular complexity index is 913. The van der Waals surface area contributed by atoms with Crippen LogP contribution in [0.4, 0.5) is 5.69 Å². The zero-order valence-electron chi connectivity index (χ0n) is 14.0. The Kier molecular flexibility index (Phi) is 4.84. The maximum absolute atomic E-state index is 12.3. The molecule has 3 rings (SSSR count). The summed E-state index contributed by atoms with van der Waals surface area (Å²) in [6.07, 6.45) is 1.89. The maximum Gasteiger partial charge on any atom is 0.286 e. The molecule has 3 N–H and O–H groups in total. The van der Waals surface area contributed by atoms with Gasteiger partial charge in [-0.15, -0.1) is 0 Å². The van der Waals surface area contributed by atoms with Crippen molar-refractivity contribution in [2.45, 2.75) is 26.2 Å². The predicted octanol–water partition coefficient (Wildman–Crippen LogP) is 3.80. The lowest BCUT2D eigenvalue weighted by Crippen LogP contribution is -2.16. The van der Waals surface area contributed by atoms with Crippen molar-refractivity contribution in [1.82, 2.24) is 0 Å². The summed E-state index contributed by atoms with van der Waals surface area (Å²) in [5.41, 5.74) is 8.46. The number of furan rings is 1. The molecule has 0 unspecified atom stereocenters. The van der Waals surface area contributed by atoms with Gasteiger partial charge in [-0.2, -0.15) is 0 Å². The summed E-state index contributed by atoms with van der Waals surface area (Å²) in [6.45, 7) is 1.92. The number of anilines is 1. The van der Waals surface area contributed by atoms with Gasteiger partial charge in [-0.1, -0.05) is 36.4 Å². The fourth-order valence-corrected chi connectivity index (χ4v) is 2.80. The quantitative estimate of drug-likeness (QED) is 0.718. The van der Waals surface area contributed by atoms with E-state index in [0.717, 1.165) is 18.4 Å². The monoisotopic (exact) mass is 336 g/mol. The van der Waals surface area contributed by atoms with E-state index in [1.807, 2.05) is 55.5 Å². The number of carbonyl (C=O) groups is 2. The molecule has 0 radical (unpaired) electrons. The first-order chi connectivity index (χ1) is 12.0. The molecule has 0 aliphatic rings. The molecule has 2 aromatic carbocycles. The molecule has 0 saturated carbocycles. The Balaban J connectivity index is 1.72. The summed E-state index contributed by atoms with van der Waals surface area (Å²) in [5, 5.41) is 3.46. The number of rotatable bonds is 6. The van der Waals surface area contributed by atoms with E-state index in [2.05, 4.69) is 5.32 Å². The molecule has 25 heavy (non-hydrogen) atoms. The standard InChI is InChI=1S/C20H20N2O3/c1-13-10-11-15-16(12-13)25-19(20(21)24)18(15)22-17(23)9-5-8-14-6-3-2-4-7-14/h2-4,6-7,10-12H,5,8-9H2,1H3,(H2,21,24)(H,22,23). The van der Waals surface area contributed by atoms with Gasteiger partial charge in [0.1, 0.15) is 11.3 Å². The molecule has 5 heteroatoms. The van der Waals surface area contributed by atoms with Crippen molar-refractivity contribution in [3.05, 3.63) is 65.4 Å². The highest BCUT2D eigenvalue weighted by molar-refractivity contribution is 6.10. The van der Waals surface area contributed by atoms with E-state index in [-0.39, 0.29) is 11.7 Å². The van der Waals surface area contributed by atoms with Crippen molar-refractivity contribution < 1.29 is 14.0 Å². The number of amides is 2. The molecule has 128 valence electrons. The molecular formula is C20H20N2O3. The second-order valence-corrected chi connectivity index (χ2v) is 6.06. The molecule has 0 aliphatic carbocycles. The van der Waals surface area contributed by atoms with Crippen LogP contribution in [0, 0.1) is 6.92 Å². The first-order valence-electron chi connectivity index (χ1n) is 8.21. The van der Waals surface area contributed by atoms with Crippen LogP contribution < -0.4 is 11.1 Å². The van der Waals surface area contributed by atoms with Gasteiger partial charge in [-0.25, -0.2) is 0 Å². The van der Waals surface area contributed by atoms with E-state index in [0.29, 0.717) is 23.1 Å². The van der Waals surface area contributed by atoms with Crippen molar-refractivity contribution >= 4 is 28.5 Å². The highest BCUT2D eigenvalue weighted by Gasteiger charge is 2.20. The van der Waals surface area contributed by atoms with E-state index in [9.17, 15) is 9.59 Å². The van der Waals surface area contributed by atoms with Crippen LogP contribution in [0.1, 0.15) is 34.5 Å². The van der Waals surface area contributed by atoms with Crippen molar-refractivity contribution in [3.63, 3.8) is 0 Å². The van der Waals surface area contributed by atoms with Gasteiger partial charge >= 0.3 is 0 Å². The number of fused-ring (bicyclic) bond motifs is 1. The van der Waals surface area contributed by atoms with Crippen LogP contribution in [-0.2, 0) is 11.2 Å². The highest BCUT2D eigenvalue weighted by atomic mass is 16.3. The highest BCUT2D eigenvalue weighted by Crippen LogP contribution is 2.31. The molecule has 3 aromatic rings. The van der Waals surface area contributed by atoms with Gasteiger partial charge < -0.3 is 15.5 Å². The van der Waals surface area contributed by atoms with Crippen LogP contribution in [0.25, 0.3) is 11.0 Å². The molecule has 0 spiro atoms. The lowest BCUT2D eigenvalue weighted by Gasteiger charge is -2.05. The van der Waals surface area contributed by atoms with Gasteiger partial charge in [-0.3, -0.25) is 9.59 Å². The second-order valence-electron chi connectivity index (χ2n) is 6.06. The Hall–Kier alpha value is -3.08. The fourth-order valence-electron chi connectivity index (χ4n) is 2.80. The van der Waals surface area contributed by atoms with Gasteiger partial charge in [-0.05, 0) is 43.0 Å². The average Bonchev–Trinajstić information content (AvgIpc) is 2.93. The summed E-state index contributed by atoms with van der Waals surface area (Å²) in [7, 11) is 0. The molecule has 1 aromatic heterocycles. The minimum atomic E-state index is -0.701. The molecule has 0 aliphatic heterocycles. The minimum absolute atomic E-state index is 0.0167. The van der Waals surface area contributed by atoms with E-state index in [4.69, 9.17) is 10.2 Å². The number of nitrogens with two attached hydrogens (primary N) is 1. The predicted molar refractivity (Wildman–Crippen MR) is 97.5 cm³/mol. The molecule has 0 saturated heterocycles. The zero-order chi connectivity index (χ0) is 17.8. The zero-order valence-corrected chi connectivity index (χ0v) is 14.0. The van der Waals surface area contributed by atoms with Gasteiger partial charge in [0.2, 0.25) is 11.7 Å². The molecular weight excluding hydrogens is 316 g/mol. The number of carbonyl (C=O) groups excluding carboxylic acids is 2. The lowest BCUT2D eigenvalue weighted by atomic mass is 10.1. The Morgan fingerprint density at radius 3 is 2.60 bits per heavy atom. The number of benzene rings is 2. The summed E-state index contributed by atoms with van der Waals surface area (Å²) in [4.78, 5) is 23.9. The van der Waals surface area contributed by atoms with Crippen LogP contribution in [0.3, 0.4) is 0 Å². The largest absolute Gasteiger partial charge is 0.449 e. The fraction of sp³-hybridized carbons (Fsp3) is 0.200. The molecule has 5 nitrogen and oxygen atoms in total. The van der Waals surface area contributed by atoms with Crippen LogP contribution in [0.5, 0.6) is 0 Å². The Morgan fingerprint density at radius 1 is 1.12 bits per heavy atom. The van der Waals surface area contributed by atoms with Gasteiger partial charge in [0.25, 0.3) is 5.91 Å². The first kappa shape index (κ1) is 16.8. The SMILES string of the molecule is Cc1ccc2c(NC(=O)CCCc3ccccc3)c(C(N)=O)oc2c1. The van der Waals surface area contributed by atoms with E-state index in [1.165, 1.54) is 5.56 Å². The van der Waals surface area contributed by atoms with Gasteiger partial charge in [0, 0.05) is 11.8 Å². The van der Waals surface area contributed by atoms with E-state index in [1.54, 1.807) is 0 Å². The smallest absolute Gasteiger partial charge is 0.286 e. The third kappa shape index (κ3) is 3.88. The van der Waals surface area contributed by atoms with Crippen molar-refractivity contribution in [2.24, 2.45) is 5.73 Å². The second kappa shape index (κ2) is 7.21. The average molecular weight is 336 g/mol. The van der Waals surface area contributed by atoms with Crippen molar-refractivity contribution in [2.75, 3.05) is 5.32 Å². The number of hydrogen-bond acceptors (Lipinski definition) is 3. The Labute approximate surface area is 145 Å². The summed E-state index contributed by atoms with van der Waals surface area (Å²) < 4.78 is 5.53. The topological polar surface area (TPSA) is 85.3 Å². The normalized spacial score (nSPS) is 10.8. The summed E-state index contributed by atoms with van der Waals surface area (Å²) >= 11 is 0. The Morgan fingerprint density at radius 2 is 1.88 bits per heavy atom. The number of nitrogens with one attached hydrogen (secondary N) is 1. The molecule has 1 heterocycles. The molecule has 2 amide bonds. The first-order valence-corrected chi connectivity index (χ1v) is 8.21. The van der Waals surface area contributed by atoms with E-state index >= 15 is 0 Å². The number of hydrogen-bond donors (Lipinski definition) is 2. The van der Waals surface area contributed by atoms with Crippen LogP contribution in [0.2, 0.25) is 0 Å². The molecule has 0 bridgehead atoms. The van der Waals surface area contributed by atoms with Gasteiger partial charge in [0.15, 0.2) is 0 Å². The third-order valence-corrected chi connectivity index (χ3v) is 4.05. The third-order valence-electron chi connectivity index (χ3n) is 4.05. The van der Waals surface area contributed by atoms with E-state index < -0.39 is 5.91 Å². The molecule has 0 atom stereocenters. The van der Waals surface area contributed by atoms with Crippen LogP contribution in [0.15, 0.2) is 52.9 Å². The summed E-state index contributed by atoms with van der Waals surface area (Å²) in [5.74, 6) is -0.882. The molecule has 0 fully saturated rings. The maximum atomic E-state index is 12.3. The summed E-state index contributed by atoms with van der Waals surface area (Å²) in [6, 6.07) is 15.5. The minimum Gasteiger partial charge on any atom is -0.449 e. The van der Waals surface area contributed by atoms with Crippen molar-refractivity contribution in [3.8, 4) is 0 Å². The van der Waals surface area contributed by atoms with Crippen LogP contribution >= 0.6 is 0 Å². The lowest BCUT2D eigenvalue weighted by molar-refractivity contribution is -0.116. The van der Waals surface area contributed by atoms with Gasteiger partial charge in [0.05, 0.1) is 0 Å². The number of aryl methyl sites for hydroxylation is 2.